The Morgan fingerprint density at radius 3 is 2.71 bits per heavy atom. The summed E-state index contributed by atoms with van der Waals surface area (Å²) in [5.41, 5.74) is -0.697. The highest BCUT2D eigenvalue weighted by Crippen LogP contribution is 2.19. The molecule has 0 aliphatic rings. The SMILES string of the molecule is CC(C)(C)OC(=O)NCC=Cc1ccc(F)c([N+](=O)[O-])c1. The number of benzene rings is 1. The van der Waals surface area contributed by atoms with E-state index in [9.17, 15) is 19.3 Å². The number of rotatable bonds is 4. The molecule has 0 aliphatic carbocycles. The van der Waals surface area contributed by atoms with Gasteiger partial charge < -0.3 is 10.1 Å². The number of ether oxygens (including phenoxy) is 1. The molecule has 1 amide bonds. The Hall–Kier alpha value is -2.44. The number of alkyl carbamates (subject to hydrolysis) is 1. The van der Waals surface area contributed by atoms with Gasteiger partial charge in [0.25, 0.3) is 0 Å². The maximum absolute atomic E-state index is 13.1. The van der Waals surface area contributed by atoms with Crippen molar-refractivity contribution < 1.29 is 18.8 Å². The molecule has 21 heavy (non-hydrogen) atoms. The quantitative estimate of drug-likeness (QED) is 0.683. The monoisotopic (exact) mass is 296 g/mol. The van der Waals surface area contributed by atoms with Gasteiger partial charge in [-0.05, 0) is 32.4 Å². The summed E-state index contributed by atoms with van der Waals surface area (Å²) in [6.45, 7) is 5.44. The van der Waals surface area contributed by atoms with Gasteiger partial charge in [0.2, 0.25) is 5.82 Å². The number of carbonyl (C=O) groups excluding carboxylic acids is 1. The van der Waals surface area contributed by atoms with Crippen LogP contribution in [0.3, 0.4) is 0 Å². The van der Waals surface area contributed by atoms with Crippen LogP contribution in [0.1, 0.15) is 26.3 Å². The lowest BCUT2D eigenvalue weighted by molar-refractivity contribution is -0.387. The summed E-state index contributed by atoms with van der Waals surface area (Å²) >= 11 is 0. The molecule has 0 atom stereocenters. The minimum absolute atomic E-state index is 0.195. The lowest BCUT2D eigenvalue weighted by Crippen LogP contribution is -2.32. The predicted molar refractivity (Wildman–Crippen MR) is 76.3 cm³/mol. The van der Waals surface area contributed by atoms with Crippen LogP contribution in [0, 0.1) is 15.9 Å². The van der Waals surface area contributed by atoms with Crippen molar-refractivity contribution in [3.05, 3.63) is 45.8 Å². The predicted octanol–water partition coefficient (Wildman–Crippen LogP) is 3.27. The Kier molecular flexibility index (Phi) is 5.40. The highest BCUT2D eigenvalue weighted by Gasteiger charge is 2.15. The van der Waals surface area contributed by atoms with Gasteiger partial charge in [0, 0.05) is 12.6 Å². The Morgan fingerprint density at radius 2 is 2.14 bits per heavy atom. The van der Waals surface area contributed by atoms with Gasteiger partial charge in [-0.2, -0.15) is 4.39 Å². The Balaban J connectivity index is 2.56. The number of nitro benzene ring substituents is 1. The molecule has 114 valence electrons. The van der Waals surface area contributed by atoms with Crippen molar-refractivity contribution in [3.63, 3.8) is 0 Å². The van der Waals surface area contributed by atoms with E-state index < -0.39 is 28.1 Å². The first-order chi connectivity index (χ1) is 9.69. The number of nitro groups is 1. The first kappa shape index (κ1) is 16.6. The van der Waals surface area contributed by atoms with E-state index in [1.807, 2.05) is 0 Å². The molecular weight excluding hydrogens is 279 g/mol. The van der Waals surface area contributed by atoms with E-state index in [1.165, 1.54) is 6.07 Å². The van der Waals surface area contributed by atoms with Gasteiger partial charge in [-0.1, -0.05) is 18.2 Å². The molecule has 0 aliphatic heterocycles. The summed E-state index contributed by atoms with van der Waals surface area (Å²) in [6, 6.07) is 3.56. The second-order valence-corrected chi connectivity index (χ2v) is 5.25. The van der Waals surface area contributed by atoms with Crippen LogP contribution in [0.2, 0.25) is 0 Å². The molecule has 6 nitrogen and oxygen atoms in total. The first-order valence-electron chi connectivity index (χ1n) is 6.26. The summed E-state index contributed by atoms with van der Waals surface area (Å²) in [6.07, 6.45) is 2.57. The minimum Gasteiger partial charge on any atom is -0.444 e. The van der Waals surface area contributed by atoms with Gasteiger partial charge in [-0.15, -0.1) is 0 Å². The molecule has 0 saturated carbocycles. The summed E-state index contributed by atoms with van der Waals surface area (Å²) in [4.78, 5) is 21.2. The standard InChI is InChI=1S/C14H17FN2O4/c1-14(2,3)21-13(18)16-8-4-5-10-6-7-11(15)12(9-10)17(19)20/h4-7,9H,8H2,1-3H3,(H,16,18). The molecule has 0 bridgehead atoms. The summed E-state index contributed by atoms with van der Waals surface area (Å²) in [7, 11) is 0. The second kappa shape index (κ2) is 6.83. The lowest BCUT2D eigenvalue weighted by Gasteiger charge is -2.19. The third kappa shape index (κ3) is 6.03. The number of amides is 1. The molecule has 0 aromatic heterocycles. The molecular formula is C14H17FN2O4. The van der Waals surface area contributed by atoms with E-state index >= 15 is 0 Å². The number of hydrogen-bond acceptors (Lipinski definition) is 4. The van der Waals surface area contributed by atoms with Crippen molar-refractivity contribution >= 4 is 17.9 Å². The third-order valence-corrected chi connectivity index (χ3v) is 2.24. The van der Waals surface area contributed by atoms with E-state index in [0.717, 1.165) is 12.1 Å². The zero-order chi connectivity index (χ0) is 16.0. The van der Waals surface area contributed by atoms with Crippen LogP contribution in [0.5, 0.6) is 0 Å². The number of nitrogens with zero attached hydrogens (tertiary/aromatic N) is 1. The van der Waals surface area contributed by atoms with E-state index in [1.54, 1.807) is 32.9 Å². The molecule has 0 fully saturated rings. The Morgan fingerprint density at radius 1 is 1.48 bits per heavy atom. The maximum atomic E-state index is 13.1. The number of nitrogens with one attached hydrogen (secondary N) is 1. The zero-order valence-corrected chi connectivity index (χ0v) is 12.1. The average molecular weight is 296 g/mol. The van der Waals surface area contributed by atoms with Crippen LogP contribution in [-0.4, -0.2) is 23.2 Å². The van der Waals surface area contributed by atoms with E-state index in [4.69, 9.17) is 4.74 Å². The summed E-state index contributed by atoms with van der Waals surface area (Å²) in [5, 5.41) is 13.1. The second-order valence-electron chi connectivity index (χ2n) is 5.25. The first-order valence-corrected chi connectivity index (χ1v) is 6.26. The highest BCUT2D eigenvalue weighted by atomic mass is 19.1. The Labute approximate surface area is 121 Å². The molecule has 0 radical (unpaired) electrons. The van der Waals surface area contributed by atoms with Gasteiger partial charge in [0.1, 0.15) is 5.60 Å². The molecule has 0 spiro atoms. The summed E-state index contributed by atoms with van der Waals surface area (Å²) in [5.74, 6) is -0.885. The minimum atomic E-state index is -0.885. The number of carbonyl (C=O) groups is 1. The highest BCUT2D eigenvalue weighted by molar-refractivity contribution is 5.68. The van der Waals surface area contributed by atoms with Crippen molar-refractivity contribution in [2.45, 2.75) is 26.4 Å². The average Bonchev–Trinajstić information content (AvgIpc) is 2.34. The van der Waals surface area contributed by atoms with Crippen molar-refractivity contribution in [1.82, 2.24) is 5.32 Å². The van der Waals surface area contributed by atoms with Crippen molar-refractivity contribution in [2.75, 3.05) is 6.54 Å². The van der Waals surface area contributed by atoms with Crippen molar-refractivity contribution in [1.29, 1.82) is 0 Å². The lowest BCUT2D eigenvalue weighted by atomic mass is 10.2. The Bertz CT molecular complexity index is 565. The fourth-order valence-electron chi connectivity index (χ4n) is 1.42. The van der Waals surface area contributed by atoms with E-state index in [-0.39, 0.29) is 6.54 Å². The molecule has 1 aromatic rings. The van der Waals surface area contributed by atoms with Crippen molar-refractivity contribution in [3.8, 4) is 0 Å². The van der Waals surface area contributed by atoms with Crippen LogP contribution >= 0.6 is 0 Å². The smallest absolute Gasteiger partial charge is 0.407 e. The van der Waals surface area contributed by atoms with E-state index in [0.29, 0.717) is 5.56 Å². The molecule has 1 aromatic carbocycles. The van der Waals surface area contributed by atoms with Gasteiger partial charge in [-0.25, -0.2) is 4.79 Å². The molecule has 0 heterocycles. The number of halogens is 1. The van der Waals surface area contributed by atoms with Crippen LogP contribution in [0.25, 0.3) is 6.08 Å². The van der Waals surface area contributed by atoms with Gasteiger partial charge in [0.15, 0.2) is 0 Å². The molecule has 1 rings (SSSR count). The van der Waals surface area contributed by atoms with E-state index in [2.05, 4.69) is 5.32 Å². The third-order valence-electron chi connectivity index (χ3n) is 2.24. The van der Waals surface area contributed by atoms with Gasteiger partial charge in [0.05, 0.1) is 4.92 Å². The normalized spacial score (nSPS) is 11.4. The molecule has 0 saturated heterocycles. The number of hydrogen-bond donors (Lipinski definition) is 1. The molecule has 0 unspecified atom stereocenters. The molecule has 1 N–H and O–H groups in total. The largest absolute Gasteiger partial charge is 0.444 e. The maximum Gasteiger partial charge on any atom is 0.407 e. The van der Waals surface area contributed by atoms with Gasteiger partial charge >= 0.3 is 11.8 Å². The van der Waals surface area contributed by atoms with Crippen LogP contribution in [-0.2, 0) is 4.74 Å². The zero-order valence-electron chi connectivity index (χ0n) is 12.1. The van der Waals surface area contributed by atoms with Crippen molar-refractivity contribution in [2.24, 2.45) is 0 Å². The topological polar surface area (TPSA) is 81.5 Å². The fraction of sp³-hybridized carbons (Fsp3) is 0.357. The fourth-order valence-corrected chi connectivity index (χ4v) is 1.42. The molecule has 7 heteroatoms. The van der Waals surface area contributed by atoms with Crippen LogP contribution < -0.4 is 5.32 Å². The van der Waals surface area contributed by atoms with Gasteiger partial charge in [-0.3, -0.25) is 10.1 Å². The summed E-state index contributed by atoms with van der Waals surface area (Å²) < 4.78 is 18.2. The van der Waals surface area contributed by atoms with Crippen LogP contribution in [0.4, 0.5) is 14.9 Å². The van der Waals surface area contributed by atoms with Crippen LogP contribution in [0.15, 0.2) is 24.3 Å².